The highest BCUT2D eigenvalue weighted by molar-refractivity contribution is 6.13. The number of benzene rings is 1. The molecule has 1 aliphatic heterocycles. The summed E-state index contributed by atoms with van der Waals surface area (Å²) in [6.07, 6.45) is 3.08. The van der Waals surface area contributed by atoms with Crippen LogP contribution in [-0.4, -0.2) is 29.4 Å². The van der Waals surface area contributed by atoms with Crippen molar-refractivity contribution in [1.82, 2.24) is 5.32 Å². The summed E-state index contributed by atoms with van der Waals surface area (Å²) in [5.41, 5.74) is 1.25. The topological polar surface area (TPSA) is 84.5 Å². The maximum absolute atomic E-state index is 13.0. The molecule has 2 amide bonds. The normalized spacial score (nSPS) is 22.6. The lowest BCUT2D eigenvalue weighted by molar-refractivity contribution is 0.0635. The van der Waals surface area contributed by atoms with E-state index in [0.717, 1.165) is 25.7 Å². The molecule has 1 heterocycles. The second kappa shape index (κ2) is 6.74. The molecular formula is C20H26N2O4. The predicted octanol–water partition coefficient (Wildman–Crippen LogP) is 3.83. The molecule has 0 spiro atoms. The standard InChI is InChI=1S/C20H26N2O4/c1-11-14(22-19(25)26-20(2,3)4)10-9-13-16(11)18(24)21-15-8-6-5-7-12(15)17(13)23/h9-10,12,15H,5-8H2,1-4H3,(H,21,24)(H,22,25). The maximum atomic E-state index is 13.0. The average Bonchev–Trinajstić information content (AvgIpc) is 2.64. The molecule has 0 radical (unpaired) electrons. The number of amides is 2. The SMILES string of the molecule is Cc1c(NC(=O)OC(C)(C)C)ccc2c1C(=O)NC1CCCCC1C2=O. The maximum Gasteiger partial charge on any atom is 0.412 e. The number of anilines is 1. The molecule has 1 aliphatic carbocycles. The lowest BCUT2D eigenvalue weighted by Crippen LogP contribution is -2.42. The molecule has 2 aliphatic rings. The van der Waals surface area contributed by atoms with Crippen LogP contribution in [0, 0.1) is 12.8 Å². The van der Waals surface area contributed by atoms with E-state index in [1.165, 1.54) is 0 Å². The second-order valence-electron chi connectivity index (χ2n) is 8.12. The third-order valence-electron chi connectivity index (χ3n) is 5.01. The first-order valence-electron chi connectivity index (χ1n) is 9.16. The van der Waals surface area contributed by atoms with Gasteiger partial charge in [-0.3, -0.25) is 14.9 Å². The lowest BCUT2D eigenvalue weighted by Gasteiger charge is -2.28. The molecule has 6 heteroatoms. The molecule has 0 aromatic heterocycles. The summed E-state index contributed by atoms with van der Waals surface area (Å²) in [6, 6.07) is 3.22. The van der Waals surface area contributed by atoms with Gasteiger partial charge >= 0.3 is 6.09 Å². The van der Waals surface area contributed by atoms with Crippen molar-refractivity contribution in [2.24, 2.45) is 5.92 Å². The van der Waals surface area contributed by atoms with Crippen molar-refractivity contribution in [1.29, 1.82) is 0 Å². The van der Waals surface area contributed by atoms with Gasteiger partial charge in [0, 0.05) is 23.2 Å². The van der Waals surface area contributed by atoms with E-state index < -0.39 is 11.7 Å². The van der Waals surface area contributed by atoms with E-state index in [-0.39, 0.29) is 23.7 Å². The predicted molar refractivity (Wildman–Crippen MR) is 98.6 cm³/mol. The van der Waals surface area contributed by atoms with Crippen LogP contribution in [-0.2, 0) is 4.74 Å². The number of ketones is 1. The van der Waals surface area contributed by atoms with Gasteiger partial charge in [0.2, 0.25) is 0 Å². The molecule has 1 aromatic rings. The van der Waals surface area contributed by atoms with Gasteiger partial charge in [0.05, 0.1) is 5.56 Å². The van der Waals surface area contributed by atoms with Gasteiger partial charge in [-0.25, -0.2) is 4.79 Å². The fraction of sp³-hybridized carbons (Fsp3) is 0.550. The van der Waals surface area contributed by atoms with E-state index in [9.17, 15) is 14.4 Å². The van der Waals surface area contributed by atoms with Crippen LogP contribution in [0.4, 0.5) is 10.5 Å². The third-order valence-corrected chi connectivity index (χ3v) is 5.01. The quantitative estimate of drug-likeness (QED) is 0.799. The molecule has 2 atom stereocenters. The van der Waals surface area contributed by atoms with Crippen molar-refractivity contribution >= 4 is 23.5 Å². The fourth-order valence-electron chi connectivity index (χ4n) is 3.82. The van der Waals surface area contributed by atoms with Crippen LogP contribution in [0.1, 0.15) is 72.7 Å². The van der Waals surface area contributed by atoms with Crippen LogP contribution < -0.4 is 10.6 Å². The summed E-state index contributed by atoms with van der Waals surface area (Å²) in [5.74, 6) is -0.374. The minimum Gasteiger partial charge on any atom is -0.444 e. The zero-order valence-electron chi connectivity index (χ0n) is 15.8. The van der Waals surface area contributed by atoms with Gasteiger partial charge in [-0.05, 0) is 58.2 Å². The molecule has 1 aromatic carbocycles. The minimum atomic E-state index is -0.618. The Kier molecular flexibility index (Phi) is 4.78. The Morgan fingerprint density at radius 3 is 2.58 bits per heavy atom. The van der Waals surface area contributed by atoms with Crippen molar-refractivity contribution in [3.05, 3.63) is 28.8 Å². The van der Waals surface area contributed by atoms with E-state index in [2.05, 4.69) is 10.6 Å². The zero-order chi connectivity index (χ0) is 19.1. The molecule has 3 rings (SSSR count). The molecule has 2 unspecified atom stereocenters. The number of hydrogen-bond acceptors (Lipinski definition) is 4. The Labute approximate surface area is 153 Å². The fourth-order valence-corrected chi connectivity index (χ4v) is 3.82. The number of carbonyl (C=O) groups excluding carboxylic acids is 3. The summed E-state index contributed by atoms with van der Waals surface area (Å²) in [5, 5.41) is 5.71. The zero-order valence-corrected chi connectivity index (χ0v) is 15.8. The molecule has 140 valence electrons. The summed E-state index contributed by atoms with van der Waals surface area (Å²) in [4.78, 5) is 37.8. The van der Waals surface area contributed by atoms with Crippen molar-refractivity contribution in [2.75, 3.05) is 5.32 Å². The highest BCUT2D eigenvalue weighted by Crippen LogP contribution is 2.34. The number of nitrogens with one attached hydrogen (secondary N) is 2. The first-order chi connectivity index (χ1) is 12.2. The van der Waals surface area contributed by atoms with Gasteiger partial charge in [0.1, 0.15) is 5.60 Å². The van der Waals surface area contributed by atoms with E-state index in [1.807, 2.05) is 0 Å². The second-order valence-corrected chi connectivity index (χ2v) is 8.12. The van der Waals surface area contributed by atoms with Crippen molar-refractivity contribution in [3.8, 4) is 0 Å². The number of rotatable bonds is 1. The van der Waals surface area contributed by atoms with Gasteiger partial charge in [-0.1, -0.05) is 12.8 Å². The first kappa shape index (κ1) is 18.4. The molecule has 2 N–H and O–H groups in total. The monoisotopic (exact) mass is 358 g/mol. The molecule has 1 fully saturated rings. The van der Waals surface area contributed by atoms with Gasteiger partial charge in [0.25, 0.3) is 5.91 Å². The van der Waals surface area contributed by atoms with E-state index >= 15 is 0 Å². The van der Waals surface area contributed by atoms with Crippen LogP contribution in [0.5, 0.6) is 0 Å². The number of fused-ring (bicyclic) bond motifs is 2. The summed E-state index contributed by atoms with van der Waals surface area (Å²) in [6.45, 7) is 7.09. The Balaban J connectivity index is 1.94. The van der Waals surface area contributed by atoms with Gasteiger partial charge < -0.3 is 10.1 Å². The van der Waals surface area contributed by atoms with Crippen LogP contribution >= 0.6 is 0 Å². The van der Waals surface area contributed by atoms with Crippen LogP contribution in [0.25, 0.3) is 0 Å². The highest BCUT2D eigenvalue weighted by atomic mass is 16.6. The summed E-state index contributed by atoms with van der Waals surface area (Å²) >= 11 is 0. The van der Waals surface area contributed by atoms with Crippen molar-refractivity contribution in [3.63, 3.8) is 0 Å². The van der Waals surface area contributed by atoms with Gasteiger partial charge in [0.15, 0.2) is 5.78 Å². The summed E-state index contributed by atoms with van der Waals surface area (Å²) in [7, 11) is 0. The molecule has 1 saturated carbocycles. The minimum absolute atomic E-state index is 0.0231. The lowest BCUT2D eigenvalue weighted by atomic mass is 9.80. The van der Waals surface area contributed by atoms with Gasteiger partial charge in [-0.2, -0.15) is 0 Å². The molecule has 6 nitrogen and oxygen atoms in total. The number of hydrogen-bond donors (Lipinski definition) is 2. The Bertz CT molecular complexity index is 764. The number of ether oxygens (including phenoxy) is 1. The van der Waals surface area contributed by atoms with E-state index in [4.69, 9.17) is 4.74 Å². The molecule has 0 bridgehead atoms. The van der Waals surface area contributed by atoms with E-state index in [0.29, 0.717) is 22.4 Å². The third kappa shape index (κ3) is 3.59. The number of Topliss-reactive ketones (excluding diaryl/α,β-unsaturated/α-hetero) is 1. The molecular weight excluding hydrogens is 332 g/mol. The first-order valence-corrected chi connectivity index (χ1v) is 9.16. The largest absolute Gasteiger partial charge is 0.444 e. The Morgan fingerprint density at radius 2 is 1.88 bits per heavy atom. The molecule has 0 saturated heterocycles. The summed E-state index contributed by atoms with van der Waals surface area (Å²) < 4.78 is 5.27. The smallest absolute Gasteiger partial charge is 0.412 e. The Hall–Kier alpha value is -2.37. The van der Waals surface area contributed by atoms with Crippen molar-refractivity contribution in [2.45, 2.75) is 65.0 Å². The van der Waals surface area contributed by atoms with E-state index in [1.54, 1.807) is 39.8 Å². The Morgan fingerprint density at radius 1 is 1.19 bits per heavy atom. The highest BCUT2D eigenvalue weighted by Gasteiger charge is 2.38. The number of carbonyl (C=O) groups is 3. The van der Waals surface area contributed by atoms with Gasteiger partial charge in [-0.15, -0.1) is 0 Å². The average molecular weight is 358 g/mol. The molecule has 26 heavy (non-hydrogen) atoms. The van der Waals surface area contributed by atoms with Crippen LogP contribution in [0.2, 0.25) is 0 Å². The van der Waals surface area contributed by atoms with Crippen LogP contribution in [0.15, 0.2) is 12.1 Å². The van der Waals surface area contributed by atoms with Crippen LogP contribution in [0.3, 0.4) is 0 Å². The van der Waals surface area contributed by atoms with Crippen molar-refractivity contribution < 1.29 is 19.1 Å².